The maximum Gasteiger partial charge on any atom is -0.00248 e. The lowest BCUT2D eigenvalue weighted by Gasteiger charge is -2.08. The predicted octanol–water partition coefficient (Wildman–Crippen LogP) is 13.0. The van der Waals surface area contributed by atoms with Gasteiger partial charge in [-0.3, -0.25) is 0 Å². The van der Waals surface area contributed by atoms with Crippen LogP contribution in [0.2, 0.25) is 0 Å². The van der Waals surface area contributed by atoms with Gasteiger partial charge in [-0.2, -0.15) is 0 Å². The molecule has 0 aromatic carbocycles. The lowest BCUT2D eigenvalue weighted by molar-refractivity contribution is 0.389. The largest absolute Gasteiger partial charge is 0.330 e. The zero-order valence-corrected chi connectivity index (χ0v) is 29.1. The topological polar surface area (TPSA) is 29.3 Å². The van der Waals surface area contributed by atoms with E-state index >= 15 is 0 Å². The molecule has 0 radical (unpaired) electrons. The van der Waals surface area contributed by atoms with Crippen molar-refractivity contribution in [3.05, 3.63) is 0 Å². The van der Waals surface area contributed by atoms with Crippen molar-refractivity contribution in [2.24, 2.45) is 5.73 Å². The summed E-state index contributed by atoms with van der Waals surface area (Å²) in [6.07, 6.45) is 46.2. The van der Waals surface area contributed by atoms with Crippen LogP contribution < -0.4 is 5.73 Å². The average Bonchev–Trinajstić information content (AvgIpc) is 2.95. The molecule has 2 nitrogen and oxygen atoms in total. The summed E-state index contributed by atoms with van der Waals surface area (Å²) >= 11 is 0. The first-order valence-electron chi connectivity index (χ1n) is 19.0. The fraction of sp³-hybridized carbons (Fsp3) is 1.00. The highest BCUT2D eigenvalue weighted by molar-refractivity contribution is 4.52. The molecule has 0 unspecified atom stereocenters. The molecule has 0 fully saturated rings. The molecular formula is C38H82N2. The summed E-state index contributed by atoms with van der Waals surface area (Å²) in [5.41, 5.74) is 5.48. The number of rotatable bonds is 33. The highest BCUT2D eigenvalue weighted by atomic mass is 15.0. The first-order valence-corrected chi connectivity index (χ1v) is 19.0. The minimum absolute atomic E-state index is 0.873. The SMILES string of the molecule is CCCCCCCCCCCCCCCCCCN.CCCCCCCCCCCCCCCCCCN(C)C. The monoisotopic (exact) mass is 567 g/mol. The van der Waals surface area contributed by atoms with Crippen molar-refractivity contribution in [3.8, 4) is 0 Å². The highest BCUT2D eigenvalue weighted by Crippen LogP contribution is 2.15. The summed E-state index contributed by atoms with van der Waals surface area (Å²) in [5.74, 6) is 0. The van der Waals surface area contributed by atoms with Crippen molar-refractivity contribution < 1.29 is 0 Å². The first kappa shape index (κ1) is 42.1. The molecular weight excluding hydrogens is 484 g/mol. The van der Waals surface area contributed by atoms with Gasteiger partial charge in [-0.1, -0.05) is 206 Å². The van der Waals surface area contributed by atoms with Crippen LogP contribution in [-0.4, -0.2) is 32.1 Å². The second-order valence-electron chi connectivity index (χ2n) is 13.2. The molecule has 2 heteroatoms. The van der Waals surface area contributed by atoms with Gasteiger partial charge in [0.15, 0.2) is 0 Å². The van der Waals surface area contributed by atoms with E-state index in [2.05, 4.69) is 32.8 Å². The van der Waals surface area contributed by atoms with E-state index in [1.54, 1.807) is 0 Å². The maximum atomic E-state index is 5.48. The molecule has 0 aromatic rings. The molecule has 0 aliphatic carbocycles. The molecule has 0 atom stereocenters. The van der Waals surface area contributed by atoms with Crippen LogP contribution in [0, 0.1) is 0 Å². The number of hydrogen-bond acceptors (Lipinski definition) is 2. The summed E-state index contributed by atoms with van der Waals surface area (Å²) in [4.78, 5) is 2.30. The van der Waals surface area contributed by atoms with Crippen LogP contribution in [0.5, 0.6) is 0 Å². The number of nitrogens with two attached hydrogens (primary N) is 1. The van der Waals surface area contributed by atoms with E-state index in [-0.39, 0.29) is 0 Å². The van der Waals surface area contributed by atoms with Crippen molar-refractivity contribution in [2.75, 3.05) is 27.2 Å². The lowest BCUT2D eigenvalue weighted by Crippen LogP contribution is -2.12. The van der Waals surface area contributed by atoms with E-state index in [9.17, 15) is 0 Å². The Hall–Kier alpha value is -0.0800. The van der Waals surface area contributed by atoms with Crippen molar-refractivity contribution in [2.45, 2.75) is 219 Å². The van der Waals surface area contributed by atoms with Crippen molar-refractivity contribution in [1.29, 1.82) is 0 Å². The summed E-state index contributed by atoms with van der Waals surface area (Å²) in [6.45, 7) is 6.72. The quantitative estimate of drug-likeness (QED) is 0.0800. The van der Waals surface area contributed by atoms with Crippen molar-refractivity contribution in [3.63, 3.8) is 0 Å². The summed E-state index contributed by atoms with van der Waals surface area (Å²) in [6, 6.07) is 0. The predicted molar refractivity (Wildman–Crippen MR) is 187 cm³/mol. The Balaban J connectivity index is 0. The molecule has 0 heterocycles. The molecule has 0 amide bonds. The second-order valence-corrected chi connectivity index (χ2v) is 13.2. The molecule has 0 spiro atoms. The minimum Gasteiger partial charge on any atom is -0.330 e. The van der Waals surface area contributed by atoms with Crippen LogP contribution >= 0.6 is 0 Å². The van der Waals surface area contributed by atoms with Crippen LogP contribution in [0.3, 0.4) is 0 Å². The summed E-state index contributed by atoms with van der Waals surface area (Å²) in [7, 11) is 4.34. The zero-order chi connectivity index (χ0) is 29.6. The number of unbranched alkanes of at least 4 members (excludes halogenated alkanes) is 30. The van der Waals surface area contributed by atoms with E-state index in [1.807, 2.05) is 0 Å². The smallest absolute Gasteiger partial charge is 0.00248 e. The lowest BCUT2D eigenvalue weighted by atomic mass is 10.0. The molecule has 2 N–H and O–H groups in total. The van der Waals surface area contributed by atoms with Gasteiger partial charge >= 0.3 is 0 Å². The van der Waals surface area contributed by atoms with Gasteiger partial charge in [-0.05, 0) is 40.0 Å². The Labute approximate surface area is 256 Å². The third-order valence-corrected chi connectivity index (χ3v) is 8.52. The number of hydrogen-bond donors (Lipinski definition) is 1. The van der Waals surface area contributed by atoms with Gasteiger partial charge in [-0.25, -0.2) is 0 Å². The molecule has 40 heavy (non-hydrogen) atoms. The van der Waals surface area contributed by atoms with E-state index in [0.717, 1.165) is 6.54 Å². The van der Waals surface area contributed by atoms with Crippen molar-refractivity contribution >= 4 is 0 Å². The highest BCUT2D eigenvalue weighted by Gasteiger charge is 1.96. The van der Waals surface area contributed by atoms with Crippen LogP contribution in [0.25, 0.3) is 0 Å². The Bertz CT molecular complexity index is 379. The van der Waals surface area contributed by atoms with Crippen LogP contribution in [0.15, 0.2) is 0 Å². The van der Waals surface area contributed by atoms with E-state index in [0.29, 0.717) is 0 Å². The molecule has 0 bridgehead atoms. The molecule has 0 rings (SSSR count). The molecule has 0 aromatic heterocycles. The standard InChI is InChI=1S/C20H43N.C18H39N/c1-4-5-6-7-8-9-10-11-12-13-14-15-16-17-18-19-20-21(2)3;1-2-3-4-5-6-7-8-9-10-11-12-13-14-15-16-17-18-19/h4-20H2,1-3H3;2-19H2,1H3. The Morgan fingerprint density at radius 3 is 0.700 bits per heavy atom. The normalized spacial score (nSPS) is 11.2. The van der Waals surface area contributed by atoms with Crippen molar-refractivity contribution in [1.82, 2.24) is 4.90 Å². The molecule has 0 saturated heterocycles. The maximum absolute atomic E-state index is 5.48. The fourth-order valence-electron chi connectivity index (χ4n) is 5.67. The molecule has 244 valence electrons. The van der Waals surface area contributed by atoms with Crippen LogP contribution in [0.4, 0.5) is 0 Å². The van der Waals surface area contributed by atoms with Gasteiger partial charge in [0.1, 0.15) is 0 Å². The van der Waals surface area contributed by atoms with E-state index < -0.39 is 0 Å². The van der Waals surface area contributed by atoms with Gasteiger partial charge in [0, 0.05) is 0 Å². The minimum atomic E-state index is 0.873. The second kappa shape index (κ2) is 41.1. The van der Waals surface area contributed by atoms with Crippen LogP contribution in [0.1, 0.15) is 219 Å². The Morgan fingerprint density at radius 1 is 0.300 bits per heavy atom. The van der Waals surface area contributed by atoms with Gasteiger partial charge in [0.2, 0.25) is 0 Å². The third-order valence-electron chi connectivity index (χ3n) is 8.52. The fourth-order valence-corrected chi connectivity index (χ4v) is 5.67. The van der Waals surface area contributed by atoms with Gasteiger partial charge in [0.05, 0.1) is 0 Å². The zero-order valence-electron chi connectivity index (χ0n) is 29.1. The van der Waals surface area contributed by atoms with E-state index in [1.165, 1.54) is 212 Å². The number of nitrogens with zero attached hydrogens (tertiary/aromatic N) is 1. The van der Waals surface area contributed by atoms with Gasteiger partial charge < -0.3 is 10.6 Å². The molecule has 0 saturated carbocycles. The summed E-state index contributed by atoms with van der Waals surface area (Å²) in [5, 5.41) is 0. The Kier molecular flexibility index (Phi) is 43.2. The third kappa shape index (κ3) is 44.9. The summed E-state index contributed by atoms with van der Waals surface area (Å²) < 4.78 is 0. The molecule has 0 aliphatic heterocycles. The Morgan fingerprint density at radius 2 is 0.500 bits per heavy atom. The average molecular weight is 567 g/mol. The van der Waals surface area contributed by atoms with Gasteiger partial charge in [0.25, 0.3) is 0 Å². The van der Waals surface area contributed by atoms with E-state index in [4.69, 9.17) is 5.73 Å². The first-order chi connectivity index (χ1) is 19.7. The van der Waals surface area contributed by atoms with Crippen LogP contribution in [-0.2, 0) is 0 Å². The van der Waals surface area contributed by atoms with Gasteiger partial charge in [-0.15, -0.1) is 0 Å². The molecule has 0 aliphatic rings.